The third-order valence-corrected chi connectivity index (χ3v) is 7.15. The standard InChI is InChI=1S/C19H28N6O3S/c1-21-17-16(18(27)22(2)19(21)28)24(13-20-17)11-15(26)25-8-5-9-29-12-14(25)10-23-6-3-4-7-23/h13-14H,3-12H2,1-2H3. The van der Waals surface area contributed by atoms with Gasteiger partial charge in [0, 0.05) is 32.9 Å². The van der Waals surface area contributed by atoms with Gasteiger partial charge >= 0.3 is 5.69 Å². The lowest BCUT2D eigenvalue weighted by Gasteiger charge is -2.33. The van der Waals surface area contributed by atoms with Crippen molar-refractivity contribution < 1.29 is 4.79 Å². The minimum Gasteiger partial charge on any atom is -0.336 e. The number of hydrogen-bond donors (Lipinski definition) is 0. The van der Waals surface area contributed by atoms with Gasteiger partial charge in [0.1, 0.15) is 6.54 Å². The Kier molecular flexibility index (Phi) is 5.82. The Hall–Kier alpha value is -2.07. The molecule has 4 heterocycles. The SMILES string of the molecule is Cn1c(=O)c2c(ncn2CC(=O)N2CCCSCC2CN2CCCC2)n(C)c1=O. The van der Waals surface area contributed by atoms with Crippen molar-refractivity contribution in [2.24, 2.45) is 14.1 Å². The molecule has 29 heavy (non-hydrogen) atoms. The normalized spacial score (nSPS) is 21.0. The maximum atomic E-state index is 13.3. The number of rotatable bonds is 4. The van der Waals surface area contributed by atoms with Crippen molar-refractivity contribution in [2.45, 2.75) is 31.8 Å². The lowest BCUT2D eigenvalue weighted by molar-refractivity contribution is -0.134. The zero-order chi connectivity index (χ0) is 20.5. The van der Waals surface area contributed by atoms with E-state index in [0.29, 0.717) is 11.2 Å². The van der Waals surface area contributed by atoms with Crippen LogP contribution in [0.1, 0.15) is 19.3 Å². The van der Waals surface area contributed by atoms with Crippen molar-refractivity contribution >= 4 is 28.8 Å². The fourth-order valence-corrected chi connectivity index (χ4v) is 5.38. The largest absolute Gasteiger partial charge is 0.336 e. The van der Waals surface area contributed by atoms with E-state index in [4.69, 9.17) is 0 Å². The van der Waals surface area contributed by atoms with Gasteiger partial charge in [0.15, 0.2) is 11.2 Å². The highest BCUT2D eigenvalue weighted by atomic mass is 32.2. The van der Waals surface area contributed by atoms with Crippen LogP contribution in [0.15, 0.2) is 15.9 Å². The molecule has 1 atom stereocenters. The molecule has 2 saturated heterocycles. The molecule has 2 aromatic rings. The number of nitrogens with zero attached hydrogens (tertiary/aromatic N) is 6. The van der Waals surface area contributed by atoms with Crippen LogP contribution in [-0.4, -0.2) is 78.1 Å². The van der Waals surface area contributed by atoms with Crippen LogP contribution in [0.5, 0.6) is 0 Å². The molecule has 2 aromatic heterocycles. The predicted molar refractivity (Wildman–Crippen MR) is 113 cm³/mol. The molecule has 0 aliphatic carbocycles. The molecule has 1 amide bonds. The Morgan fingerprint density at radius 3 is 2.66 bits per heavy atom. The van der Waals surface area contributed by atoms with Crippen LogP contribution in [0, 0.1) is 0 Å². The average Bonchev–Trinajstić information content (AvgIpc) is 3.30. The summed E-state index contributed by atoms with van der Waals surface area (Å²) in [5, 5.41) is 0. The number of hydrogen-bond acceptors (Lipinski definition) is 6. The van der Waals surface area contributed by atoms with Gasteiger partial charge in [-0.1, -0.05) is 0 Å². The molecule has 0 N–H and O–H groups in total. The summed E-state index contributed by atoms with van der Waals surface area (Å²) in [5.41, 5.74) is -0.239. The highest BCUT2D eigenvalue weighted by Crippen LogP contribution is 2.20. The van der Waals surface area contributed by atoms with Crippen molar-refractivity contribution in [2.75, 3.05) is 37.7 Å². The molecular formula is C19H28N6O3S. The molecule has 0 aromatic carbocycles. The highest BCUT2D eigenvalue weighted by Gasteiger charge is 2.29. The van der Waals surface area contributed by atoms with Crippen LogP contribution in [0.2, 0.25) is 0 Å². The highest BCUT2D eigenvalue weighted by molar-refractivity contribution is 7.99. The molecular weight excluding hydrogens is 392 g/mol. The van der Waals surface area contributed by atoms with Crippen molar-refractivity contribution in [1.82, 2.24) is 28.5 Å². The molecule has 10 heteroatoms. The van der Waals surface area contributed by atoms with Gasteiger partial charge in [-0.3, -0.25) is 18.7 Å². The van der Waals surface area contributed by atoms with E-state index in [1.807, 2.05) is 16.7 Å². The number of thioether (sulfide) groups is 1. The Bertz CT molecular complexity index is 1020. The smallest absolute Gasteiger partial charge is 0.332 e. The summed E-state index contributed by atoms with van der Waals surface area (Å²) >= 11 is 1.92. The Labute approximate surface area is 173 Å². The first-order chi connectivity index (χ1) is 14.0. The van der Waals surface area contributed by atoms with Gasteiger partial charge in [0.2, 0.25) is 5.91 Å². The van der Waals surface area contributed by atoms with E-state index in [0.717, 1.165) is 48.7 Å². The molecule has 0 spiro atoms. The minimum atomic E-state index is -0.423. The number of aryl methyl sites for hydroxylation is 1. The average molecular weight is 421 g/mol. The van der Waals surface area contributed by atoms with E-state index in [1.165, 1.54) is 30.8 Å². The summed E-state index contributed by atoms with van der Waals surface area (Å²) in [4.78, 5) is 46.7. The van der Waals surface area contributed by atoms with Crippen molar-refractivity contribution in [3.05, 3.63) is 27.2 Å². The maximum Gasteiger partial charge on any atom is 0.332 e. The van der Waals surface area contributed by atoms with E-state index in [2.05, 4.69) is 9.88 Å². The van der Waals surface area contributed by atoms with Crippen LogP contribution in [-0.2, 0) is 25.4 Å². The number of amides is 1. The maximum absolute atomic E-state index is 13.3. The number of aromatic nitrogens is 4. The first-order valence-electron chi connectivity index (χ1n) is 10.2. The number of likely N-dealkylation sites (tertiary alicyclic amines) is 1. The molecule has 2 fully saturated rings. The van der Waals surface area contributed by atoms with Crippen molar-refractivity contribution in [3.63, 3.8) is 0 Å². The van der Waals surface area contributed by atoms with Gasteiger partial charge in [-0.15, -0.1) is 0 Å². The van der Waals surface area contributed by atoms with Gasteiger partial charge in [-0.2, -0.15) is 11.8 Å². The lowest BCUT2D eigenvalue weighted by atomic mass is 10.2. The second kappa shape index (κ2) is 8.35. The summed E-state index contributed by atoms with van der Waals surface area (Å²) in [6.07, 6.45) is 4.94. The molecule has 4 rings (SSSR count). The monoisotopic (exact) mass is 420 g/mol. The van der Waals surface area contributed by atoms with Gasteiger partial charge in [-0.25, -0.2) is 9.78 Å². The molecule has 0 saturated carbocycles. The molecule has 158 valence electrons. The topological polar surface area (TPSA) is 85.4 Å². The number of carbonyl (C=O) groups excluding carboxylic acids is 1. The fourth-order valence-electron chi connectivity index (χ4n) is 4.33. The van der Waals surface area contributed by atoms with Gasteiger partial charge in [0.05, 0.1) is 12.4 Å². The molecule has 1 unspecified atom stereocenters. The first-order valence-corrected chi connectivity index (χ1v) is 11.3. The van der Waals surface area contributed by atoms with Gasteiger partial charge in [0.25, 0.3) is 5.56 Å². The quantitative estimate of drug-likeness (QED) is 0.685. The van der Waals surface area contributed by atoms with Crippen LogP contribution in [0.3, 0.4) is 0 Å². The molecule has 2 aliphatic heterocycles. The van der Waals surface area contributed by atoms with Crippen LogP contribution in [0.4, 0.5) is 0 Å². The van der Waals surface area contributed by atoms with E-state index < -0.39 is 11.2 Å². The Morgan fingerprint density at radius 2 is 1.90 bits per heavy atom. The summed E-state index contributed by atoms with van der Waals surface area (Å²) < 4.78 is 3.99. The molecule has 0 radical (unpaired) electrons. The number of imidazole rings is 1. The zero-order valence-electron chi connectivity index (χ0n) is 17.0. The number of fused-ring (bicyclic) bond motifs is 1. The summed E-state index contributed by atoms with van der Waals surface area (Å²) in [6.45, 7) is 3.94. The second-order valence-corrected chi connectivity index (χ2v) is 9.08. The summed E-state index contributed by atoms with van der Waals surface area (Å²) in [6, 6.07) is 0.190. The van der Waals surface area contributed by atoms with Crippen molar-refractivity contribution in [3.8, 4) is 0 Å². The predicted octanol–water partition coefficient (Wildman–Crippen LogP) is -0.136. The second-order valence-electron chi connectivity index (χ2n) is 7.93. The zero-order valence-corrected chi connectivity index (χ0v) is 17.9. The van der Waals surface area contributed by atoms with Gasteiger partial charge < -0.3 is 14.4 Å². The lowest BCUT2D eigenvalue weighted by Crippen LogP contribution is -2.48. The Morgan fingerprint density at radius 1 is 1.14 bits per heavy atom. The van der Waals surface area contributed by atoms with Crippen LogP contribution < -0.4 is 11.2 Å². The summed E-state index contributed by atoms with van der Waals surface area (Å²) in [5.74, 6) is 2.02. The van der Waals surface area contributed by atoms with Crippen LogP contribution in [0.25, 0.3) is 11.2 Å². The van der Waals surface area contributed by atoms with E-state index >= 15 is 0 Å². The summed E-state index contributed by atoms with van der Waals surface area (Å²) in [7, 11) is 3.03. The molecule has 2 aliphatic rings. The first kappa shape index (κ1) is 20.2. The van der Waals surface area contributed by atoms with Gasteiger partial charge in [-0.05, 0) is 38.1 Å². The third-order valence-electron chi connectivity index (χ3n) is 5.95. The minimum absolute atomic E-state index is 0.00639. The third kappa shape index (κ3) is 3.87. The van der Waals surface area contributed by atoms with Crippen molar-refractivity contribution in [1.29, 1.82) is 0 Å². The van der Waals surface area contributed by atoms with E-state index in [-0.39, 0.29) is 18.5 Å². The Balaban J connectivity index is 1.60. The molecule has 9 nitrogen and oxygen atoms in total. The van der Waals surface area contributed by atoms with E-state index in [1.54, 1.807) is 11.6 Å². The van der Waals surface area contributed by atoms with E-state index in [9.17, 15) is 14.4 Å². The number of carbonyl (C=O) groups is 1. The molecule has 0 bridgehead atoms. The van der Waals surface area contributed by atoms with Crippen LogP contribution >= 0.6 is 11.8 Å². The fraction of sp³-hybridized carbons (Fsp3) is 0.684.